The van der Waals surface area contributed by atoms with Crippen LogP contribution in [0.5, 0.6) is 0 Å². The zero-order valence-electron chi connectivity index (χ0n) is 10.00. The molecule has 0 aliphatic carbocycles. The molecule has 2 aromatic rings. The average molecular weight is 262 g/mol. The quantitative estimate of drug-likeness (QED) is 0.916. The Morgan fingerprint density at radius 3 is 2.50 bits per heavy atom. The van der Waals surface area contributed by atoms with Crippen LogP contribution < -0.4 is 5.32 Å². The van der Waals surface area contributed by atoms with Gasteiger partial charge < -0.3 is 5.32 Å². The number of anilines is 1. The topological polar surface area (TPSA) is 59.1 Å². The summed E-state index contributed by atoms with van der Waals surface area (Å²) < 4.78 is 23.2. The molecule has 1 N–H and O–H groups in total. The number of nitrogens with one attached hydrogen (secondary N) is 1. The lowest BCUT2D eigenvalue weighted by Gasteiger charge is -2.10. The van der Waals surface area contributed by atoms with E-state index >= 15 is 0 Å². The Kier molecular flexibility index (Phi) is 3.62. The van der Waals surface area contributed by atoms with Crippen molar-refractivity contribution in [1.29, 1.82) is 0 Å². The zero-order chi connectivity index (χ0) is 13.0. The van der Waals surface area contributed by atoms with E-state index in [0.717, 1.165) is 5.69 Å². The molecule has 0 radical (unpaired) electrons. The van der Waals surface area contributed by atoms with Crippen LogP contribution in [-0.2, 0) is 16.4 Å². The number of para-hydroxylation sites is 1. The lowest BCUT2D eigenvalue weighted by molar-refractivity contribution is 0.602. The minimum absolute atomic E-state index is 0.306. The van der Waals surface area contributed by atoms with Gasteiger partial charge in [-0.15, -0.1) is 0 Å². The molecule has 0 saturated carbocycles. The van der Waals surface area contributed by atoms with Gasteiger partial charge in [-0.25, -0.2) is 8.42 Å². The normalized spacial score (nSPS) is 11.2. The predicted molar refractivity (Wildman–Crippen MR) is 71.1 cm³/mol. The van der Waals surface area contributed by atoms with Gasteiger partial charge in [0.05, 0.1) is 22.8 Å². The third-order valence-corrected chi connectivity index (χ3v) is 3.63. The third kappa shape index (κ3) is 3.07. The van der Waals surface area contributed by atoms with E-state index in [1.807, 2.05) is 18.2 Å². The molecule has 2 rings (SSSR count). The number of benzene rings is 1. The summed E-state index contributed by atoms with van der Waals surface area (Å²) >= 11 is 0. The van der Waals surface area contributed by atoms with Crippen LogP contribution in [0.3, 0.4) is 0 Å². The number of nitrogens with zero attached hydrogens (tertiary/aromatic N) is 1. The van der Waals surface area contributed by atoms with Crippen LogP contribution in [0.1, 0.15) is 5.69 Å². The predicted octanol–water partition coefficient (Wildman–Crippen LogP) is 2.10. The smallest absolute Gasteiger partial charge is 0.177 e. The summed E-state index contributed by atoms with van der Waals surface area (Å²) in [6, 6.07) is 12.5. The van der Waals surface area contributed by atoms with Crippen molar-refractivity contribution >= 4 is 15.5 Å². The molecule has 0 saturated heterocycles. The van der Waals surface area contributed by atoms with Crippen molar-refractivity contribution < 1.29 is 8.42 Å². The highest BCUT2D eigenvalue weighted by Crippen LogP contribution is 2.20. The van der Waals surface area contributed by atoms with Gasteiger partial charge in [0.2, 0.25) is 0 Å². The van der Waals surface area contributed by atoms with E-state index in [-0.39, 0.29) is 0 Å². The minimum Gasteiger partial charge on any atom is -0.378 e. The molecule has 0 aliphatic heterocycles. The lowest BCUT2D eigenvalue weighted by atomic mass is 10.3. The van der Waals surface area contributed by atoms with E-state index in [9.17, 15) is 8.42 Å². The van der Waals surface area contributed by atoms with Crippen molar-refractivity contribution in [3.8, 4) is 0 Å². The second-order valence-corrected chi connectivity index (χ2v) is 5.93. The van der Waals surface area contributed by atoms with Crippen molar-refractivity contribution in [2.45, 2.75) is 11.4 Å². The Hall–Kier alpha value is -1.88. The first-order chi connectivity index (χ1) is 8.57. The molecule has 4 nitrogen and oxygen atoms in total. The first kappa shape index (κ1) is 12.6. The van der Waals surface area contributed by atoms with E-state index in [2.05, 4.69) is 10.3 Å². The first-order valence-corrected chi connectivity index (χ1v) is 7.39. The number of rotatable bonds is 4. The average Bonchev–Trinajstić information content (AvgIpc) is 2.37. The SMILES string of the molecule is CS(=O)(=O)c1ccccc1NCc1ccccn1. The summed E-state index contributed by atoms with van der Waals surface area (Å²) in [7, 11) is -3.22. The Morgan fingerprint density at radius 1 is 1.11 bits per heavy atom. The molecule has 0 spiro atoms. The summed E-state index contributed by atoms with van der Waals surface area (Å²) in [6.07, 6.45) is 2.91. The van der Waals surface area contributed by atoms with Gasteiger partial charge in [-0.3, -0.25) is 4.98 Å². The highest BCUT2D eigenvalue weighted by atomic mass is 32.2. The summed E-state index contributed by atoms with van der Waals surface area (Å²) in [5, 5.41) is 3.09. The Morgan fingerprint density at radius 2 is 1.83 bits per heavy atom. The maximum Gasteiger partial charge on any atom is 0.177 e. The van der Waals surface area contributed by atoms with Crippen LogP contribution in [0.15, 0.2) is 53.6 Å². The standard InChI is InChI=1S/C13H14N2O2S/c1-18(16,17)13-8-3-2-7-12(13)15-10-11-6-4-5-9-14-11/h2-9,15H,10H2,1H3. The van der Waals surface area contributed by atoms with Crippen molar-refractivity contribution in [1.82, 2.24) is 4.98 Å². The Balaban J connectivity index is 2.20. The van der Waals surface area contributed by atoms with Crippen molar-refractivity contribution in [3.63, 3.8) is 0 Å². The highest BCUT2D eigenvalue weighted by molar-refractivity contribution is 7.90. The van der Waals surface area contributed by atoms with Crippen LogP contribution in [0.4, 0.5) is 5.69 Å². The fraction of sp³-hybridized carbons (Fsp3) is 0.154. The number of hydrogen-bond donors (Lipinski definition) is 1. The maximum absolute atomic E-state index is 11.6. The fourth-order valence-corrected chi connectivity index (χ4v) is 2.49. The largest absolute Gasteiger partial charge is 0.378 e. The Labute approximate surface area is 107 Å². The van der Waals surface area contributed by atoms with Crippen LogP contribution in [-0.4, -0.2) is 19.7 Å². The second kappa shape index (κ2) is 5.18. The number of aromatic nitrogens is 1. The van der Waals surface area contributed by atoms with Crippen LogP contribution in [0.25, 0.3) is 0 Å². The van der Waals surface area contributed by atoms with Gasteiger partial charge >= 0.3 is 0 Å². The molecule has 1 aromatic heterocycles. The van der Waals surface area contributed by atoms with Crippen molar-refractivity contribution in [2.24, 2.45) is 0 Å². The summed E-state index contributed by atoms with van der Waals surface area (Å²) in [6.45, 7) is 0.493. The molecule has 0 aliphatic rings. The number of pyridine rings is 1. The maximum atomic E-state index is 11.6. The van der Waals surface area contributed by atoms with Gasteiger partial charge in [0.15, 0.2) is 9.84 Å². The molecule has 0 fully saturated rings. The van der Waals surface area contributed by atoms with E-state index in [4.69, 9.17) is 0 Å². The second-order valence-electron chi connectivity index (χ2n) is 3.94. The molecule has 1 aromatic carbocycles. The minimum atomic E-state index is -3.22. The summed E-state index contributed by atoms with van der Waals surface area (Å²) in [5.41, 5.74) is 1.46. The molecule has 18 heavy (non-hydrogen) atoms. The lowest BCUT2D eigenvalue weighted by Crippen LogP contribution is -2.06. The van der Waals surface area contributed by atoms with E-state index in [0.29, 0.717) is 17.1 Å². The van der Waals surface area contributed by atoms with Crippen LogP contribution in [0.2, 0.25) is 0 Å². The Bertz CT molecular complexity index is 624. The van der Waals surface area contributed by atoms with Gasteiger partial charge in [-0.05, 0) is 24.3 Å². The van der Waals surface area contributed by atoms with Crippen molar-refractivity contribution in [2.75, 3.05) is 11.6 Å². The number of sulfone groups is 1. The third-order valence-electron chi connectivity index (χ3n) is 2.47. The molecule has 0 unspecified atom stereocenters. The van der Waals surface area contributed by atoms with Gasteiger partial charge in [0.1, 0.15) is 0 Å². The molecule has 5 heteroatoms. The van der Waals surface area contributed by atoms with E-state index in [1.54, 1.807) is 30.5 Å². The van der Waals surface area contributed by atoms with E-state index in [1.165, 1.54) is 6.26 Å². The van der Waals surface area contributed by atoms with Crippen molar-refractivity contribution in [3.05, 3.63) is 54.4 Å². The molecule has 0 atom stereocenters. The zero-order valence-corrected chi connectivity index (χ0v) is 10.8. The molecule has 94 valence electrons. The summed E-state index contributed by atoms with van der Waals surface area (Å²) in [4.78, 5) is 4.48. The van der Waals surface area contributed by atoms with Gasteiger partial charge in [0, 0.05) is 12.5 Å². The highest BCUT2D eigenvalue weighted by Gasteiger charge is 2.11. The molecular weight excluding hydrogens is 248 g/mol. The van der Waals surface area contributed by atoms with Gasteiger partial charge in [-0.1, -0.05) is 18.2 Å². The van der Waals surface area contributed by atoms with Crippen LogP contribution in [0, 0.1) is 0 Å². The van der Waals surface area contributed by atoms with Gasteiger partial charge in [0.25, 0.3) is 0 Å². The molecular formula is C13H14N2O2S. The molecule has 1 heterocycles. The monoisotopic (exact) mass is 262 g/mol. The fourth-order valence-electron chi connectivity index (χ4n) is 1.62. The van der Waals surface area contributed by atoms with Crippen LogP contribution >= 0.6 is 0 Å². The molecule has 0 bridgehead atoms. The first-order valence-electron chi connectivity index (χ1n) is 5.50. The van der Waals surface area contributed by atoms with E-state index < -0.39 is 9.84 Å². The van der Waals surface area contributed by atoms with Gasteiger partial charge in [-0.2, -0.15) is 0 Å². The summed E-state index contributed by atoms with van der Waals surface area (Å²) in [5.74, 6) is 0. The molecule has 0 amide bonds. The number of hydrogen-bond acceptors (Lipinski definition) is 4.